The van der Waals surface area contributed by atoms with E-state index in [0.29, 0.717) is 0 Å². The molecule has 6 nitrogen and oxygen atoms in total. The van der Waals surface area contributed by atoms with Gasteiger partial charge in [-0.1, -0.05) is 12.1 Å². The zero-order valence-corrected chi connectivity index (χ0v) is 13.2. The number of carbonyl (C=O) groups is 1. The van der Waals surface area contributed by atoms with E-state index in [4.69, 9.17) is 9.26 Å². The lowest BCUT2D eigenvalue weighted by atomic mass is 9.91. The molecule has 0 aliphatic carbocycles. The molecule has 2 fully saturated rings. The summed E-state index contributed by atoms with van der Waals surface area (Å²) in [5.74, 6) is 0.341. The first-order valence-corrected chi connectivity index (χ1v) is 8.30. The van der Waals surface area contributed by atoms with Crippen LogP contribution in [0.1, 0.15) is 31.9 Å². The zero-order chi connectivity index (χ0) is 15.4. The van der Waals surface area contributed by atoms with Gasteiger partial charge in [0.15, 0.2) is 0 Å². The summed E-state index contributed by atoms with van der Waals surface area (Å²) in [6.07, 6.45) is 4.59. The lowest BCUT2D eigenvalue weighted by Crippen LogP contribution is -2.52. The van der Waals surface area contributed by atoms with Crippen LogP contribution in [0.15, 0.2) is 16.9 Å². The maximum Gasteiger partial charge on any atom is 0.228 e. The third-order valence-electron chi connectivity index (χ3n) is 4.72. The molecule has 0 radical (unpaired) electrons. The predicted molar refractivity (Wildman–Crippen MR) is 81.1 cm³/mol. The second-order valence-electron chi connectivity index (χ2n) is 6.16. The van der Waals surface area contributed by atoms with Crippen molar-refractivity contribution in [2.24, 2.45) is 5.92 Å². The Kier molecular flexibility index (Phi) is 5.10. The van der Waals surface area contributed by atoms with Crippen molar-refractivity contribution in [3.05, 3.63) is 18.0 Å². The molecule has 0 bridgehead atoms. The second kappa shape index (κ2) is 7.24. The highest BCUT2D eigenvalue weighted by Crippen LogP contribution is 2.25. The Morgan fingerprint density at radius 1 is 1.36 bits per heavy atom. The van der Waals surface area contributed by atoms with Gasteiger partial charge in [0.05, 0.1) is 17.7 Å². The standard InChI is InChI=1S/C16H25N3O3/c1-2-15-14(4-3-10-21-15)16(20)19-8-6-18(7-9-19)12-13-5-11-22-17-13/h5,11,14-15H,2-4,6-10,12H2,1H3. The van der Waals surface area contributed by atoms with Crippen LogP contribution in [0.3, 0.4) is 0 Å². The van der Waals surface area contributed by atoms with Crippen molar-refractivity contribution >= 4 is 5.91 Å². The van der Waals surface area contributed by atoms with Crippen LogP contribution < -0.4 is 0 Å². The maximum absolute atomic E-state index is 12.7. The fraction of sp³-hybridized carbons (Fsp3) is 0.750. The van der Waals surface area contributed by atoms with E-state index < -0.39 is 0 Å². The van der Waals surface area contributed by atoms with E-state index in [1.165, 1.54) is 0 Å². The number of hydrogen-bond acceptors (Lipinski definition) is 5. The van der Waals surface area contributed by atoms with E-state index in [2.05, 4.69) is 17.0 Å². The Balaban J connectivity index is 1.51. The van der Waals surface area contributed by atoms with Crippen LogP contribution in [0, 0.1) is 5.92 Å². The van der Waals surface area contributed by atoms with Crippen LogP contribution in [0.4, 0.5) is 0 Å². The Hall–Kier alpha value is -1.40. The van der Waals surface area contributed by atoms with E-state index >= 15 is 0 Å². The Labute approximate surface area is 131 Å². The molecule has 2 unspecified atom stereocenters. The molecular formula is C16H25N3O3. The lowest BCUT2D eigenvalue weighted by molar-refractivity contribution is -0.147. The monoisotopic (exact) mass is 307 g/mol. The Morgan fingerprint density at radius 3 is 2.86 bits per heavy atom. The van der Waals surface area contributed by atoms with Gasteiger partial charge in [0, 0.05) is 45.4 Å². The average Bonchev–Trinajstić information content (AvgIpc) is 3.08. The van der Waals surface area contributed by atoms with Crippen molar-refractivity contribution in [3.63, 3.8) is 0 Å². The highest BCUT2D eigenvalue weighted by molar-refractivity contribution is 5.79. The molecule has 3 rings (SSSR count). The smallest absolute Gasteiger partial charge is 0.228 e. The molecule has 0 aromatic carbocycles. The summed E-state index contributed by atoms with van der Waals surface area (Å²) in [5, 5.41) is 3.95. The van der Waals surface area contributed by atoms with E-state index in [9.17, 15) is 4.79 Å². The minimum Gasteiger partial charge on any atom is -0.377 e. The van der Waals surface area contributed by atoms with E-state index in [-0.39, 0.29) is 17.9 Å². The molecule has 2 aliphatic heterocycles. The topological polar surface area (TPSA) is 58.8 Å². The van der Waals surface area contributed by atoms with Gasteiger partial charge >= 0.3 is 0 Å². The van der Waals surface area contributed by atoms with Gasteiger partial charge in [-0.2, -0.15) is 0 Å². The van der Waals surface area contributed by atoms with Crippen molar-refractivity contribution in [2.75, 3.05) is 32.8 Å². The van der Waals surface area contributed by atoms with Gasteiger partial charge < -0.3 is 14.2 Å². The fourth-order valence-electron chi connectivity index (χ4n) is 3.43. The van der Waals surface area contributed by atoms with Crippen LogP contribution in [0.25, 0.3) is 0 Å². The summed E-state index contributed by atoms with van der Waals surface area (Å²) in [5.41, 5.74) is 0.950. The summed E-state index contributed by atoms with van der Waals surface area (Å²) in [6.45, 7) is 7.07. The third-order valence-corrected chi connectivity index (χ3v) is 4.72. The molecule has 0 saturated carbocycles. The fourth-order valence-corrected chi connectivity index (χ4v) is 3.43. The normalized spacial score (nSPS) is 27.0. The highest BCUT2D eigenvalue weighted by atomic mass is 16.5. The van der Waals surface area contributed by atoms with Gasteiger partial charge in [0.1, 0.15) is 6.26 Å². The van der Waals surface area contributed by atoms with Gasteiger partial charge in [-0.15, -0.1) is 0 Å². The number of ether oxygens (including phenoxy) is 1. The first kappa shape index (κ1) is 15.5. The summed E-state index contributed by atoms with van der Waals surface area (Å²) in [6, 6.07) is 1.89. The largest absolute Gasteiger partial charge is 0.377 e. The van der Waals surface area contributed by atoms with Gasteiger partial charge in [0.2, 0.25) is 5.91 Å². The molecule has 2 aliphatic rings. The SMILES string of the molecule is CCC1OCCCC1C(=O)N1CCN(Cc2ccon2)CC1. The highest BCUT2D eigenvalue weighted by Gasteiger charge is 2.34. The molecule has 2 atom stereocenters. The summed E-state index contributed by atoms with van der Waals surface area (Å²) < 4.78 is 10.6. The summed E-state index contributed by atoms with van der Waals surface area (Å²) in [7, 11) is 0. The average molecular weight is 307 g/mol. The third kappa shape index (κ3) is 3.50. The Bertz CT molecular complexity index is 469. The van der Waals surface area contributed by atoms with Crippen molar-refractivity contribution in [1.29, 1.82) is 0 Å². The minimum atomic E-state index is 0.0563. The first-order chi connectivity index (χ1) is 10.8. The van der Waals surface area contributed by atoms with Crippen LogP contribution in [-0.2, 0) is 16.1 Å². The number of nitrogens with zero attached hydrogens (tertiary/aromatic N) is 3. The van der Waals surface area contributed by atoms with Crippen molar-refractivity contribution in [1.82, 2.24) is 15.0 Å². The lowest BCUT2D eigenvalue weighted by Gasteiger charge is -2.38. The van der Waals surface area contributed by atoms with Crippen LogP contribution >= 0.6 is 0 Å². The first-order valence-electron chi connectivity index (χ1n) is 8.30. The molecule has 1 aromatic rings. The minimum absolute atomic E-state index is 0.0563. The quantitative estimate of drug-likeness (QED) is 0.844. The second-order valence-corrected chi connectivity index (χ2v) is 6.16. The molecule has 22 heavy (non-hydrogen) atoms. The number of piperazine rings is 1. The summed E-state index contributed by atoms with van der Waals surface area (Å²) in [4.78, 5) is 17.1. The van der Waals surface area contributed by atoms with Gasteiger partial charge in [-0.3, -0.25) is 9.69 Å². The molecule has 6 heteroatoms. The zero-order valence-electron chi connectivity index (χ0n) is 13.2. The maximum atomic E-state index is 12.7. The number of carbonyl (C=O) groups excluding carboxylic acids is 1. The number of hydrogen-bond donors (Lipinski definition) is 0. The molecule has 0 spiro atoms. The molecule has 3 heterocycles. The number of amides is 1. The van der Waals surface area contributed by atoms with Crippen molar-refractivity contribution in [3.8, 4) is 0 Å². The molecule has 2 saturated heterocycles. The molecule has 1 amide bonds. The van der Waals surface area contributed by atoms with E-state index in [0.717, 1.165) is 64.3 Å². The van der Waals surface area contributed by atoms with E-state index in [1.807, 2.05) is 11.0 Å². The van der Waals surface area contributed by atoms with Crippen LogP contribution in [0.5, 0.6) is 0 Å². The van der Waals surface area contributed by atoms with Gasteiger partial charge in [-0.25, -0.2) is 0 Å². The molecule has 122 valence electrons. The molecule has 0 N–H and O–H groups in total. The van der Waals surface area contributed by atoms with Gasteiger partial charge in [0.25, 0.3) is 0 Å². The Morgan fingerprint density at radius 2 is 2.18 bits per heavy atom. The van der Waals surface area contributed by atoms with Crippen molar-refractivity contribution < 1.29 is 14.1 Å². The number of rotatable bonds is 4. The van der Waals surface area contributed by atoms with Gasteiger partial charge in [-0.05, 0) is 19.3 Å². The predicted octanol–water partition coefficient (Wildman–Crippen LogP) is 1.52. The van der Waals surface area contributed by atoms with Crippen LogP contribution in [-0.4, -0.2) is 59.8 Å². The molecule has 1 aromatic heterocycles. The van der Waals surface area contributed by atoms with Crippen LogP contribution in [0.2, 0.25) is 0 Å². The summed E-state index contributed by atoms with van der Waals surface area (Å²) >= 11 is 0. The number of aromatic nitrogens is 1. The molecular weight excluding hydrogens is 282 g/mol. The van der Waals surface area contributed by atoms with E-state index in [1.54, 1.807) is 6.26 Å². The van der Waals surface area contributed by atoms with Crippen molar-refractivity contribution in [2.45, 2.75) is 38.8 Å².